The van der Waals surface area contributed by atoms with Gasteiger partial charge in [-0.3, -0.25) is 0 Å². The van der Waals surface area contributed by atoms with Gasteiger partial charge in [-0.15, -0.1) is 0 Å². The molecule has 5 nitrogen and oxygen atoms in total. The number of aromatic amines is 1. The second-order valence-corrected chi connectivity index (χ2v) is 8.01. The number of hydrogen-bond acceptors (Lipinski definition) is 4. The molecule has 1 unspecified atom stereocenters. The zero-order valence-corrected chi connectivity index (χ0v) is 13.3. The molecule has 1 aliphatic heterocycles. The average Bonchev–Trinajstić information content (AvgIpc) is 3.03. The summed E-state index contributed by atoms with van der Waals surface area (Å²) in [6.45, 7) is 4.12. The monoisotopic (exact) mass is 307 g/mol. The van der Waals surface area contributed by atoms with Gasteiger partial charge in [0.15, 0.2) is 9.84 Å². The number of imidazole rings is 1. The van der Waals surface area contributed by atoms with Crippen molar-refractivity contribution in [1.29, 1.82) is 0 Å². The Morgan fingerprint density at radius 3 is 2.81 bits per heavy atom. The van der Waals surface area contributed by atoms with E-state index in [0.29, 0.717) is 4.90 Å². The summed E-state index contributed by atoms with van der Waals surface area (Å²) in [5.41, 5.74) is 1.69. The summed E-state index contributed by atoms with van der Waals surface area (Å²) in [5, 5.41) is 3.42. The van der Waals surface area contributed by atoms with E-state index in [2.05, 4.69) is 17.2 Å². The minimum atomic E-state index is -3.19. The molecule has 0 spiro atoms. The van der Waals surface area contributed by atoms with E-state index in [9.17, 15) is 8.42 Å². The van der Waals surface area contributed by atoms with Gasteiger partial charge in [-0.05, 0) is 37.6 Å². The Balaban J connectivity index is 2.08. The summed E-state index contributed by atoms with van der Waals surface area (Å²) in [7, 11) is -3.19. The Bertz CT molecular complexity index is 758. The number of benzene rings is 1. The highest BCUT2D eigenvalue weighted by molar-refractivity contribution is 7.90. The first-order chi connectivity index (χ1) is 9.94. The number of hydrogen-bond donors (Lipinski definition) is 2. The van der Waals surface area contributed by atoms with Gasteiger partial charge in [-0.2, -0.15) is 0 Å². The molecule has 2 heterocycles. The van der Waals surface area contributed by atoms with Crippen LogP contribution in [0, 0.1) is 0 Å². The van der Waals surface area contributed by atoms with Crippen molar-refractivity contribution in [3.63, 3.8) is 0 Å². The molecule has 3 rings (SSSR count). The first-order valence-corrected chi connectivity index (χ1v) is 9.25. The lowest BCUT2D eigenvalue weighted by atomic mass is 9.82. The second-order valence-electron chi connectivity index (χ2n) is 5.99. The summed E-state index contributed by atoms with van der Waals surface area (Å²) < 4.78 is 23.3. The molecule has 1 fully saturated rings. The van der Waals surface area contributed by atoms with Gasteiger partial charge in [0.1, 0.15) is 5.82 Å². The maximum absolute atomic E-state index is 11.7. The molecular weight excluding hydrogens is 286 g/mol. The van der Waals surface area contributed by atoms with E-state index < -0.39 is 9.84 Å². The Labute approximate surface area is 125 Å². The van der Waals surface area contributed by atoms with Crippen LogP contribution in [0.4, 0.5) is 0 Å². The number of sulfone groups is 1. The standard InChI is InChI=1S/C15H21N3O2S/c1-3-6-15(7-8-16-10-15)14-17-12-5-4-11(21(2,19)20)9-13(12)18-14/h4-5,9,16H,3,6-8,10H2,1-2H3,(H,17,18). The van der Waals surface area contributed by atoms with Crippen LogP contribution in [0.2, 0.25) is 0 Å². The van der Waals surface area contributed by atoms with Crippen LogP contribution in [0.1, 0.15) is 32.0 Å². The quantitative estimate of drug-likeness (QED) is 0.906. The van der Waals surface area contributed by atoms with Crippen LogP contribution < -0.4 is 5.32 Å². The zero-order valence-electron chi connectivity index (χ0n) is 12.4. The maximum atomic E-state index is 11.7. The van der Waals surface area contributed by atoms with Gasteiger partial charge < -0.3 is 10.3 Å². The SMILES string of the molecule is CCCC1(c2nc3ccc(S(C)(=O)=O)cc3[nH]2)CCNC1. The highest BCUT2D eigenvalue weighted by Gasteiger charge is 2.37. The maximum Gasteiger partial charge on any atom is 0.175 e. The molecular formula is C15H21N3O2S. The highest BCUT2D eigenvalue weighted by Crippen LogP contribution is 2.34. The largest absolute Gasteiger partial charge is 0.341 e. The first kappa shape index (κ1) is 14.5. The van der Waals surface area contributed by atoms with Crippen molar-refractivity contribution in [3.05, 3.63) is 24.0 Å². The lowest BCUT2D eigenvalue weighted by molar-refractivity contribution is 0.406. The van der Waals surface area contributed by atoms with Crippen molar-refractivity contribution in [2.24, 2.45) is 0 Å². The zero-order chi connectivity index (χ0) is 15.1. The fourth-order valence-electron chi connectivity index (χ4n) is 3.23. The van der Waals surface area contributed by atoms with Crippen LogP contribution >= 0.6 is 0 Å². The lowest BCUT2D eigenvalue weighted by Crippen LogP contribution is -2.30. The molecule has 21 heavy (non-hydrogen) atoms. The highest BCUT2D eigenvalue weighted by atomic mass is 32.2. The van der Waals surface area contributed by atoms with Gasteiger partial charge in [0.25, 0.3) is 0 Å². The predicted molar refractivity (Wildman–Crippen MR) is 83.3 cm³/mol. The van der Waals surface area contributed by atoms with Crippen molar-refractivity contribution in [2.75, 3.05) is 19.3 Å². The molecule has 2 N–H and O–H groups in total. The topological polar surface area (TPSA) is 74.8 Å². The smallest absolute Gasteiger partial charge is 0.175 e. The third kappa shape index (κ3) is 2.58. The number of rotatable bonds is 4. The van der Waals surface area contributed by atoms with Crippen molar-refractivity contribution < 1.29 is 8.42 Å². The van der Waals surface area contributed by atoms with E-state index in [1.165, 1.54) is 6.26 Å². The summed E-state index contributed by atoms with van der Waals surface area (Å²) >= 11 is 0. The van der Waals surface area contributed by atoms with Gasteiger partial charge in [0, 0.05) is 18.2 Å². The average molecular weight is 307 g/mol. The van der Waals surface area contributed by atoms with Crippen molar-refractivity contribution >= 4 is 20.9 Å². The van der Waals surface area contributed by atoms with Crippen molar-refractivity contribution in [1.82, 2.24) is 15.3 Å². The second kappa shape index (κ2) is 5.10. The Morgan fingerprint density at radius 1 is 1.38 bits per heavy atom. The molecule has 0 saturated carbocycles. The molecule has 2 aromatic rings. The molecule has 114 valence electrons. The van der Waals surface area contributed by atoms with Crippen LogP contribution in [-0.2, 0) is 15.3 Å². The molecule has 1 aromatic heterocycles. The van der Waals surface area contributed by atoms with Gasteiger partial charge in [0.05, 0.1) is 15.9 Å². The number of nitrogens with one attached hydrogen (secondary N) is 2. The van der Waals surface area contributed by atoms with Gasteiger partial charge in [-0.25, -0.2) is 13.4 Å². The normalized spacial score (nSPS) is 23.0. The van der Waals surface area contributed by atoms with E-state index in [1.807, 2.05) is 0 Å². The first-order valence-electron chi connectivity index (χ1n) is 7.36. The minimum Gasteiger partial charge on any atom is -0.341 e. The van der Waals surface area contributed by atoms with E-state index >= 15 is 0 Å². The predicted octanol–water partition coefficient (Wildman–Crippen LogP) is 2.00. The van der Waals surface area contributed by atoms with Crippen LogP contribution in [0.15, 0.2) is 23.1 Å². The van der Waals surface area contributed by atoms with Crippen molar-refractivity contribution in [3.8, 4) is 0 Å². The van der Waals surface area contributed by atoms with Crippen molar-refractivity contribution in [2.45, 2.75) is 36.5 Å². The minimum absolute atomic E-state index is 0.0546. The summed E-state index contributed by atoms with van der Waals surface area (Å²) in [6, 6.07) is 5.10. The molecule has 0 bridgehead atoms. The van der Waals surface area contributed by atoms with Crippen LogP contribution in [-0.4, -0.2) is 37.7 Å². The molecule has 1 aliphatic rings. The molecule has 0 aliphatic carbocycles. The van der Waals surface area contributed by atoms with Crippen LogP contribution in [0.3, 0.4) is 0 Å². The lowest BCUT2D eigenvalue weighted by Gasteiger charge is -2.25. The van der Waals surface area contributed by atoms with E-state index in [1.54, 1.807) is 18.2 Å². The van der Waals surface area contributed by atoms with E-state index in [4.69, 9.17) is 4.98 Å². The fourth-order valence-corrected chi connectivity index (χ4v) is 3.87. The third-order valence-corrected chi connectivity index (χ3v) is 5.47. The van der Waals surface area contributed by atoms with E-state index in [-0.39, 0.29) is 5.41 Å². The van der Waals surface area contributed by atoms with Gasteiger partial charge in [0.2, 0.25) is 0 Å². The van der Waals surface area contributed by atoms with Crippen LogP contribution in [0.25, 0.3) is 11.0 Å². The van der Waals surface area contributed by atoms with E-state index in [0.717, 1.165) is 49.2 Å². The fraction of sp³-hybridized carbons (Fsp3) is 0.533. The summed E-state index contributed by atoms with van der Waals surface area (Å²) in [6.07, 6.45) is 4.48. The molecule has 0 amide bonds. The van der Waals surface area contributed by atoms with Gasteiger partial charge in [-0.1, -0.05) is 13.3 Å². The van der Waals surface area contributed by atoms with Crippen LogP contribution in [0.5, 0.6) is 0 Å². The third-order valence-electron chi connectivity index (χ3n) is 4.36. The molecule has 1 aromatic carbocycles. The number of H-pyrrole nitrogens is 1. The number of fused-ring (bicyclic) bond motifs is 1. The molecule has 0 radical (unpaired) electrons. The molecule has 6 heteroatoms. The number of aromatic nitrogens is 2. The molecule has 1 saturated heterocycles. The Kier molecular flexibility index (Phi) is 3.53. The van der Waals surface area contributed by atoms with Gasteiger partial charge >= 0.3 is 0 Å². The molecule has 1 atom stereocenters. The number of nitrogens with zero attached hydrogens (tertiary/aromatic N) is 1. The Hall–Kier alpha value is -1.40. The summed E-state index contributed by atoms with van der Waals surface area (Å²) in [4.78, 5) is 8.41. The Morgan fingerprint density at radius 2 is 2.19 bits per heavy atom. The summed E-state index contributed by atoms with van der Waals surface area (Å²) in [5.74, 6) is 0.981.